The number of hydrogen-bond donors (Lipinski definition) is 1. The molecule has 0 aliphatic heterocycles. The highest BCUT2D eigenvalue weighted by molar-refractivity contribution is 7.12. The van der Waals surface area contributed by atoms with E-state index in [1.165, 1.54) is 16.2 Å². The second-order valence-electron chi connectivity index (χ2n) is 4.34. The molecule has 1 heterocycles. The Morgan fingerprint density at radius 2 is 2.05 bits per heavy atom. The minimum absolute atomic E-state index is 0.185. The van der Waals surface area contributed by atoms with E-state index in [1.54, 1.807) is 26.0 Å². The second-order valence-corrected chi connectivity index (χ2v) is 5.51. The molecule has 1 aromatic rings. The van der Waals surface area contributed by atoms with E-state index in [4.69, 9.17) is 5.11 Å². The van der Waals surface area contributed by atoms with Crippen molar-refractivity contribution in [3.8, 4) is 11.8 Å². The van der Waals surface area contributed by atoms with Gasteiger partial charge in [0.1, 0.15) is 6.61 Å². The number of nitrogens with zero attached hydrogens (tertiary/aromatic N) is 1. The van der Waals surface area contributed by atoms with Crippen molar-refractivity contribution in [1.29, 1.82) is 0 Å². The van der Waals surface area contributed by atoms with Gasteiger partial charge in [-0.05, 0) is 26.0 Å². The van der Waals surface area contributed by atoms with Crippen LogP contribution in [-0.2, 0) is 6.54 Å². The molecule has 0 saturated carbocycles. The predicted molar refractivity (Wildman–Crippen MR) is 69.9 cm³/mol. The summed E-state index contributed by atoms with van der Waals surface area (Å²) < 4.78 is 37.4. The summed E-state index contributed by atoms with van der Waals surface area (Å²) >= 11 is 1.35. The zero-order valence-corrected chi connectivity index (χ0v) is 11.6. The van der Waals surface area contributed by atoms with Gasteiger partial charge in [-0.2, -0.15) is 13.2 Å². The molecule has 0 saturated heterocycles. The molecular weight excluding hydrogens is 275 g/mol. The van der Waals surface area contributed by atoms with Crippen LogP contribution in [0.1, 0.15) is 23.6 Å². The van der Waals surface area contributed by atoms with Gasteiger partial charge in [0.2, 0.25) is 0 Å². The Morgan fingerprint density at radius 3 is 2.58 bits per heavy atom. The van der Waals surface area contributed by atoms with E-state index >= 15 is 0 Å². The third-order valence-corrected chi connectivity index (χ3v) is 3.41. The summed E-state index contributed by atoms with van der Waals surface area (Å²) in [7, 11) is 0. The topological polar surface area (TPSA) is 23.5 Å². The first kappa shape index (κ1) is 16.0. The van der Waals surface area contributed by atoms with Crippen molar-refractivity contribution in [2.24, 2.45) is 0 Å². The lowest BCUT2D eigenvalue weighted by molar-refractivity contribution is -0.150. The summed E-state index contributed by atoms with van der Waals surface area (Å²) in [6.07, 6.45) is -4.19. The van der Waals surface area contributed by atoms with Crippen LogP contribution in [-0.4, -0.2) is 35.4 Å². The van der Waals surface area contributed by atoms with Crippen molar-refractivity contribution in [2.45, 2.75) is 32.6 Å². The van der Waals surface area contributed by atoms with Crippen LogP contribution in [0.2, 0.25) is 0 Å². The van der Waals surface area contributed by atoms with Crippen molar-refractivity contribution in [3.63, 3.8) is 0 Å². The second kappa shape index (κ2) is 6.94. The van der Waals surface area contributed by atoms with Crippen LogP contribution in [0.3, 0.4) is 0 Å². The van der Waals surface area contributed by atoms with Gasteiger partial charge in [0, 0.05) is 17.5 Å². The molecule has 0 unspecified atom stereocenters. The number of rotatable bonds is 4. The van der Waals surface area contributed by atoms with Crippen LogP contribution in [0.25, 0.3) is 0 Å². The van der Waals surface area contributed by atoms with E-state index in [-0.39, 0.29) is 19.2 Å². The van der Waals surface area contributed by atoms with Crippen molar-refractivity contribution in [3.05, 3.63) is 21.9 Å². The third kappa shape index (κ3) is 6.10. The van der Waals surface area contributed by atoms with Crippen molar-refractivity contribution < 1.29 is 18.3 Å². The van der Waals surface area contributed by atoms with Gasteiger partial charge in [0.05, 0.1) is 11.4 Å². The standard InChI is InChI=1S/C13H16F3NOS/c1-10(2)17(9-13(14,15)16)8-12-6-5-11(19-12)4-3-7-18/h5-6,10,18H,7-9H2,1-2H3. The maximum Gasteiger partial charge on any atom is 0.401 e. The van der Waals surface area contributed by atoms with Crippen LogP contribution in [0, 0.1) is 11.8 Å². The van der Waals surface area contributed by atoms with Crippen molar-refractivity contribution in [2.75, 3.05) is 13.2 Å². The first-order valence-corrected chi connectivity index (χ1v) is 6.62. The summed E-state index contributed by atoms with van der Waals surface area (Å²) in [5.41, 5.74) is 0. The number of aliphatic hydroxyl groups is 1. The molecule has 0 fully saturated rings. The molecule has 1 aromatic heterocycles. The molecule has 0 spiro atoms. The van der Waals surface area contributed by atoms with E-state index in [0.29, 0.717) is 0 Å². The zero-order valence-electron chi connectivity index (χ0n) is 10.8. The van der Waals surface area contributed by atoms with E-state index in [1.807, 2.05) is 0 Å². The summed E-state index contributed by atoms with van der Waals surface area (Å²) in [4.78, 5) is 2.95. The van der Waals surface area contributed by atoms with Gasteiger partial charge in [0.15, 0.2) is 0 Å². The summed E-state index contributed by atoms with van der Waals surface area (Å²) in [5, 5.41) is 8.58. The van der Waals surface area contributed by atoms with Gasteiger partial charge >= 0.3 is 6.18 Å². The molecule has 2 nitrogen and oxygen atoms in total. The number of thiophene rings is 1. The first-order chi connectivity index (χ1) is 8.81. The molecule has 106 valence electrons. The predicted octanol–water partition coefficient (Wildman–Crippen LogP) is 2.86. The van der Waals surface area contributed by atoms with E-state index in [0.717, 1.165) is 9.75 Å². The maximum atomic E-state index is 12.5. The Balaban J connectivity index is 2.71. The zero-order chi connectivity index (χ0) is 14.5. The smallest absolute Gasteiger partial charge is 0.384 e. The van der Waals surface area contributed by atoms with Crippen LogP contribution >= 0.6 is 11.3 Å². The Kier molecular flexibility index (Phi) is 5.85. The van der Waals surface area contributed by atoms with Crippen LogP contribution < -0.4 is 0 Å². The van der Waals surface area contributed by atoms with Crippen molar-refractivity contribution in [1.82, 2.24) is 4.90 Å². The van der Waals surface area contributed by atoms with Gasteiger partial charge in [-0.25, -0.2) is 0 Å². The van der Waals surface area contributed by atoms with Crippen LogP contribution in [0.15, 0.2) is 12.1 Å². The van der Waals surface area contributed by atoms with Crippen LogP contribution in [0.5, 0.6) is 0 Å². The van der Waals surface area contributed by atoms with Crippen LogP contribution in [0.4, 0.5) is 13.2 Å². The Hall–Kier alpha value is -1.03. The van der Waals surface area contributed by atoms with E-state index < -0.39 is 12.7 Å². The lowest BCUT2D eigenvalue weighted by Gasteiger charge is -2.26. The number of alkyl halides is 3. The maximum absolute atomic E-state index is 12.5. The number of aliphatic hydroxyl groups excluding tert-OH is 1. The van der Waals surface area contributed by atoms with E-state index in [2.05, 4.69) is 11.8 Å². The minimum Gasteiger partial charge on any atom is -0.384 e. The average Bonchev–Trinajstić information content (AvgIpc) is 2.71. The van der Waals surface area contributed by atoms with Gasteiger partial charge in [-0.15, -0.1) is 11.3 Å². The van der Waals surface area contributed by atoms with Gasteiger partial charge in [-0.1, -0.05) is 11.8 Å². The quantitative estimate of drug-likeness (QED) is 0.862. The Bertz CT molecular complexity index is 456. The fraction of sp³-hybridized carbons (Fsp3) is 0.538. The highest BCUT2D eigenvalue weighted by Gasteiger charge is 2.31. The first-order valence-electron chi connectivity index (χ1n) is 5.81. The summed E-state index contributed by atoms with van der Waals surface area (Å²) in [6.45, 7) is 2.60. The summed E-state index contributed by atoms with van der Waals surface area (Å²) in [6, 6.07) is 3.35. The molecule has 0 aromatic carbocycles. The molecule has 1 N–H and O–H groups in total. The fourth-order valence-electron chi connectivity index (χ4n) is 1.51. The molecule has 19 heavy (non-hydrogen) atoms. The van der Waals surface area contributed by atoms with Gasteiger partial charge in [-0.3, -0.25) is 4.90 Å². The summed E-state index contributed by atoms with van der Waals surface area (Å²) in [5.74, 6) is 5.26. The molecular formula is C13H16F3NOS. The Morgan fingerprint density at radius 1 is 1.37 bits per heavy atom. The molecule has 1 rings (SSSR count). The molecule has 0 atom stereocenters. The minimum atomic E-state index is -4.19. The highest BCUT2D eigenvalue weighted by atomic mass is 32.1. The molecule has 6 heteroatoms. The molecule has 0 aliphatic carbocycles. The number of hydrogen-bond acceptors (Lipinski definition) is 3. The lowest BCUT2D eigenvalue weighted by Crippen LogP contribution is -2.38. The van der Waals surface area contributed by atoms with E-state index in [9.17, 15) is 13.2 Å². The lowest BCUT2D eigenvalue weighted by atomic mass is 10.3. The number of halogens is 3. The average molecular weight is 291 g/mol. The molecule has 0 aliphatic rings. The fourth-order valence-corrected chi connectivity index (χ4v) is 2.42. The molecule has 0 radical (unpaired) electrons. The highest BCUT2D eigenvalue weighted by Crippen LogP contribution is 2.23. The Labute approximate surface area is 114 Å². The molecule has 0 amide bonds. The van der Waals surface area contributed by atoms with Crippen molar-refractivity contribution >= 4 is 11.3 Å². The van der Waals surface area contributed by atoms with Gasteiger partial charge < -0.3 is 5.11 Å². The molecule has 0 bridgehead atoms. The van der Waals surface area contributed by atoms with Gasteiger partial charge in [0.25, 0.3) is 0 Å². The third-order valence-electron chi connectivity index (χ3n) is 2.42. The largest absolute Gasteiger partial charge is 0.401 e. The normalized spacial score (nSPS) is 11.8. The monoisotopic (exact) mass is 291 g/mol. The SMILES string of the molecule is CC(C)N(Cc1ccc(C#CCO)s1)CC(F)(F)F.